The molecule has 174 valence electrons. The molecule has 0 unspecified atom stereocenters. The number of fused-ring (bicyclic) bond motifs is 3. The highest BCUT2D eigenvalue weighted by Gasteiger charge is 2.51. The van der Waals surface area contributed by atoms with E-state index in [1.54, 1.807) is 0 Å². The second-order valence-electron chi connectivity index (χ2n) is 10.1. The molecule has 0 spiro atoms. The predicted molar refractivity (Wildman–Crippen MR) is 144 cm³/mol. The smallest absolute Gasteiger partial charge is 0.456 e. The molecule has 1 aromatic heterocycles. The molecule has 0 N–H and O–H groups in total. The van der Waals surface area contributed by atoms with Crippen LogP contribution in [0.3, 0.4) is 0 Å². The Balaban J connectivity index is 1.46. The molecule has 5 aromatic rings. The lowest BCUT2D eigenvalue weighted by atomic mass is 9.79. The Labute approximate surface area is 206 Å². The summed E-state index contributed by atoms with van der Waals surface area (Å²) in [6.07, 6.45) is 0. The van der Waals surface area contributed by atoms with Gasteiger partial charge >= 0.3 is 7.12 Å². The number of nitrogens with zero attached hydrogens (tertiary/aromatic N) is 1. The zero-order valence-corrected chi connectivity index (χ0v) is 20.5. The summed E-state index contributed by atoms with van der Waals surface area (Å²) in [6, 6.07) is 33.3. The van der Waals surface area contributed by atoms with Crippen LogP contribution in [0.2, 0.25) is 0 Å². The molecule has 0 saturated carbocycles. The molecular weight excluding hydrogens is 433 g/mol. The lowest BCUT2D eigenvalue weighted by molar-refractivity contribution is 0.00578. The minimum atomic E-state index is -0.421. The molecule has 0 atom stereocenters. The summed E-state index contributed by atoms with van der Waals surface area (Å²) in [4.78, 5) is 2.24. The molecular formula is C30H28BNO3. The van der Waals surface area contributed by atoms with Crippen molar-refractivity contribution in [3.05, 3.63) is 97.1 Å². The third-order valence-corrected chi connectivity index (χ3v) is 7.29. The molecule has 4 aromatic carbocycles. The Morgan fingerprint density at radius 1 is 0.571 bits per heavy atom. The summed E-state index contributed by atoms with van der Waals surface area (Å²) in [5.74, 6) is 0. The van der Waals surface area contributed by atoms with Gasteiger partial charge in [0, 0.05) is 33.9 Å². The zero-order chi connectivity index (χ0) is 24.2. The molecule has 6 rings (SSSR count). The Morgan fingerprint density at radius 3 is 1.97 bits per heavy atom. The topological polar surface area (TPSA) is 34.8 Å². The van der Waals surface area contributed by atoms with Crippen LogP contribution < -0.4 is 10.4 Å². The first-order chi connectivity index (χ1) is 16.8. The monoisotopic (exact) mass is 461 g/mol. The van der Waals surface area contributed by atoms with E-state index in [1.165, 1.54) is 0 Å². The zero-order valence-electron chi connectivity index (χ0n) is 20.5. The largest absolute Gasteiger partial charge is 0.494 e. The van der Waals surface area contributed by atoms with Crippen molar-refractivity contribution in [1.29, 1.82) is 0 Å². The third-order valence-electron chi connectivity index (χ3n) is 7.29. The van der Waals surface area contributed by atoms with Crippen LogP contribution in [-0.2, 0) is 9.31 Å². The van der Waals surface area contributed by atoms with Crippen LogP contribution in [0, 0.1) is 0 Å². The van der Waals surface area contributed by atoms with Crippen molar-refractivity contribution >= 4 is 51.6 Å². The predicted octanol–water partition coefficient (Wildman–Crippen LogP) is 7.36. The van der Waals surface area contributed by atoms with E-state index in [0.29, 0.717) is 0 Å². The number of benzene rings is 4. The maximum Gasteiger partial charge on any atom is 0.494 e. The Bertz CT molecular complexity index is 1510. The van der Waals surface area contributed by atoms with E-state index in [4.69, 9.17) is 13.7 Å². The van der Waals surface area contributed by atoms with Crippen LogP contribution in [0.15, 0.2) is 101 Å². The maximum atomic E-state index is 6.33. The number of anilines is 3. The maximum absolute atomic E-state index is 6.33. The fourth-order valence-corrected chi connectivity index (χ4v) is 4.67. The van der Waals surface area contributed by atoms with Gasteiger partial charge in [-0.25, -0.2) is 0 Å². The van der Waals surface area contributed by atoms with Gasteiger partial charge in [-0.15, -0.1) is 0 Å². The summed E-state index contributed by atoms with van der Waals surface area (Å²) in [6.45, 7) is 8.32. The number of furan rings is 1. The van der Waals surface area contributed by atoms with Gasteiger partial charge in [0.2, 0.25) is 0 Å². The second kappa shape index (κ2) is 8.01. The van der Waals surface area contributed by atoms with Crippen LogP contribution in [0.4, 0.5) is 17.1 Å². The number of rotatable bonds is 4. The molecule has 0 radical (unpaired) electrons. The van der Waals surface area contributed by atoms with Crippen LogP contribution in [0.1, 0.15) is 27.7 Å². The molecule has 1 aliphatic heterocycles. The second-order valence-corrected chi connectivity index (χ2v) is 10.1. The van der Waals surface area contributed by atoms with E-state index in [-0.39, 0.29) is 11.2 Å². The van der Waals surface area contributed by atoms with Crippen molar-refractivity contribution in [3.8, 4) is 0 Å². The number of hydrogen-bond acceptors (Lipinski definition) is 4. The van der Waals surface area contributed by atoms with E-state index in [0.717, 1.165) is 44.5 Å². The summed E-state index contributed by atoms with van der Waals surface area (Å²) >= 11 is 0. The van der Waals surface area contributed by atoms with Gasteiger partial charge < -0.3 is 18.6 Å². The first-order valence-electron chi connectivity index (χ1n) is 12.0. The van der Waals surface area contributed by atoms with E-state index in [9.17, 15) is 0 Å². The van der Waals surface area contributed by atoms with Gasteiger partial charge in [-0.2, -0.15) is 0 Å². The summed E-state index contributed by atoms with van der Waals surface area (Å²) < 4.78 is 18.9. The average molecular weight is 461 g/mol. The van der Waals surface area contributed by atoms with E-state index < -0.39 is 7.12 Å². The Morgan fingerprint density at radius 2 is 1.20 bits per heavy atom. The SMILES string of the molecule is CC1(C)OB(c2cccc(N(c3ccccc3)c3ccc4c(c3)oc3ccccc34)c2)OC1(C)C. The highest BCUT2D eigenvalue weighted by Crippen LogP contribution is 2.39. The molecule has 35 heavy (non-hydrogen) atoms. The lowest BCUT2D eigenvalue weighted by Crippen LogP contribution is -2.41. The van der Waals surface area contributed by atoms with Crippen LogP contribution in [-0.4, -0.2) is 18.3 Å². The summed E-state index contributed by atoms with van der Waals surface area (Å²) in [7, 11) is -0.421. The van der Waals surface area contributed by atoms with Crippen LogP contribution in [0.5, 0.6) is 0 Å². The molecule has 1 aliphatic rings. The van der Waals surface area contributed by atoms with E-state index in [2.05, 4.69) is 105 Å². The fraction of sp³-hybridized carbons (Fsp3) is 0.200. The van der Waals surface area contributed by atoms with Gasteiger partial charge in [-0.3, -0.25) is 0 Å². The van der Waals surface area contributed by atoms with Crippen molar-refractivity contribution in [2.45, 2.75) is 38.9 Å². The van der Waals surface area contributed by atoms with Crippen molar-refractivity contribution in [1.82, 2.24) is 0 Å². The third kappa shape index (κ3) is 3.72. The van der Waals surface area contributed by atoms with Crippen molar-refractivity contribution in [3.63, 3.8) is 0 Å². The molecule has 1 saturated heterocycles. The minimum absolute atomic E-state index is 0.390. The van der Waals surface area contributed by atoms with Crippen molar-refractivity contribution in [2.75, 3.05) is 4.90 Å². The average Bonchev–Trinajstić information content (AvgIpc) is 3.32. The summed E-state index contributed by atoms with van der Waals surface area (Å²) in [5.41, 5.74) is 5.09. The highest BCUT2D eigenvalue weighted by atomic mass is 16.7. The van der Waals surface area contributed by atoms with Gasteiger partial charge in [-0.05, 0) is 75.6 Å². The van der Waals surface area contributed by atoms with Crippen molar-refractivity contribution in [2.24, 2.45) is 0 Å². The number of hydrogen-bond donors (Lipinski definition) is 0. The molecule has 0 bridgehead atoms. The quantitative estimate of drug-likeness (QED) is 0.262. The Kier molecular flexibility index (Phi) is 5.03. The first-order valence-corrected chi connectivity index (χ1v) is 12.0. The molecule has 0 amide bonds. The fourth-order valence-electron chi connectivity index (χ4n) is 4.67. The van der Waals surface area contributed by atoms with Crippen molar-refractivity contribution < 1.29 is 13.7 Å². The van der Waals surface area contributed by atoms with Crippen LogP contribution >= 0.6 is 0 Å². The molecule has 1 fully saturated rings. The molecule has 4 nitrogen and oxygen atoms in total. The van der Waals surface area contributed by atoms with Gasteiger partial charge in [0.05, 0.1) is 11.2 Å². The van der Waals surface area contributed by atoms with Gasteiger partial charge in [0.1, 0.15) is 11.2 Å². The van der Waals surface area contributed by atoms with Gasteiger partial charge in [-0.1, -0.05) is 48.5 Å². The van der Waals surface area contributed by atoms with Crippen LogP contribution in [0.25, 0.3) is 21.9 Å². The van der Waals surface area contributed by atoms with E-state index >= 15 is 0 Å². The van der Waals surface area contributed by atoms with Gasteiger partial charge in [0.15, 0.2) is 0 Å². The standard InChI is InChI=1S/C30H28BNO3/c1-29(2)30(3,4)35-31(34-29)21-11-10-14-23(19-21)32(22-12-6-5-7-13-22)24-17-18-26-25-15-8-9-16-27(25)33-28(26)20-24/h5-20H,1-4H3. The Hall–Kier alpha value is -3.54. The molecule has 5 heteroatoms. The minimum Gasteiger partial charge on any atom is -0.456 e. The normalized spacial score (nSPS) is 16.7. The molecule has 0 aliphatic carbocycles. The highest BCUT2D eigenvalue weighted by molar-refractivity contribution is 6.62. The molecule has 2 heterocycles. The van der Waals surface area contributed by atoms with Gasteiger partial charge in [0.25, 0.3) is 0 Å². The summed E-state index contributed by atoms with van der Waals surface area (Å²) in [5, 5.41) is 2.24. The lowest BCUT2D eigenvalue weighted by Gasteiger charge is -2.32. The van der Waals surface area contributed by atoms with E-state index in [1.807, 2.05) is 24.3 Å². The first kappa shape index (κ1) is 22.0. The number of para-hydroxylation sites is 2.